The highest BCUT2D eigenvalue weighted by atomic mass is 31.2. The topological polar surface area (TPSA) is 77.4 Å². The number of carbonyl (C=O) groups excluding carboxylic acids is 2. The largest absolute Gasteiger partial charge is 0.542 e. The Labute approximate surface area is 251 Å². The van der Waals surface area contributed by atoms with Crippen LogP contribution in [-0.2, 0) is 9.59 Å². The smallest absolute Gasteiger partial charge is 0.430 e. The SMILES string of the molecule is CC(C(=O)CCCO)C(CCCC[P+](C1CCCC1)(C1CCCC1)C1CCCC1)c1ccccc1.O=C([O-])C(F)(F)F. The summed E-state index contributed by atoms with van der Waals surface area (Å²) in [6.45, 7) is 2.26. The second-order valence-electron chi connectivity index (χ2n) is 12.9. The van der Waals surface area contributed by atoms with Gasteiger partial charge in [-0.1, -0.05) is 37.3 Å². The molecule has 3 saturated carbocycles. The molecule has 4 nitrogen and oxygen atoms in total. The fraction of sp³-hybridized carbons (Fsp3) is 0.765. The summed E-state index contributed by atoms with van der Waals surface area (Å²) in [4.78, 5) is 21.7. The van der Waals surface area contributed by atoms with Gasteiger partial charge in [0.1, 0.15) is 11.8 Å². The van der Waals surface area contributed by atoms with Crippen LogP contribution in [0.4, 0.5) is 13.2 Å². The van der Waals surface area contributed by atoms with Gasteiger partial charge in [0.25, 0.3) is 0 Å². The molecule has 0 spiro atoms. The molecule has 42 heavy (non-hydrogen) atoms. The molecule has 2 unspecified atom stereocenters. The van der Waals surface area contributed by atoms with E-state index in [2.05, 4.69) is 37.3 Å². The highest BCUT2D eigenvalue weighted by molar-refractivity contribution is 7.77. The van der Waals surface area contributed by atoms with E-state index in [1.807, 2.05) is 0 Å². The number of Topliss-reactive ketones (excluding diaryl/α,β-unsaturated/α-hetero) is 1. The Kier molecular flexibility index (Phi) is 14.3. The van der Waals surface area contributed by atoms with E-state index in [9.17, 15) is 23.1 Å². The molecule has 2 atom stereocenters. The van der Waals surface area contributed by atoms with Gasteiger partial charge in [-0.3, -0.25) is 4.79 Å². The number of rotatable bonds is 14. The predicted octanol–water partition coefficient (Wildman–Crippen LogP) is 8.06. The number of carboxylic acid groups (broad SMARTS) is 1. The van der Waals surface area contributed by atoms with Crippen LogP contribution in [0.1, 0.15) is 128 Å². The van der Waals surface area contributed by atoms with Gasteiger partial charge in [0.15, 0.2) is 0 Å². The van der Waals surface area contributed by atoms with Gasteiger partial charge in [0.2, 0.25) is 0 Å². The summed E-state index contributed by atoms with van der Waals surface area (Å²) in [6, 6.07) is 10.8. The summed E-state index contributed by atoms with van der Waals surface area (Å²) >= 11 is 0. The van der Waals surface area contributed by atoms with Crippen LogP contribution in [0.25, 0.3) is 0 Å². The maximum Gasteiger partial charge on any atom is 0.430 e. The first-order chi connectivity index (χ1) is 20.1. The summed E-state index contributed by atoms with van der Waals surface area (Å²) in [5, 5.41) is 18.0. The van der Waals surface area contributed by atoms with Crippen molar-refractivity contribution < 1.29 is 33.0 Å². The van der Waals surface area contributed by atoms with Crippen LogP contribution >= 0.6 is 7.26 Å². The third kappa shape index (κ3) is 9.52. The molecule has 1 aromatic carbocycles. The zero-order valence-corrected chi connectivity index (χ0v) is 26.4. The summed E-state index contributed by atoms with van der Waals surface area (Å²) < 4.78 is 31.5. The summed E-state index contributed by atoms with van der Waals surface area (Å²) in [7, 11) is -0.923. The van der Waals surface area contributed by atoms with E-state index in [4.69, 9.17) is 9.90 Å². The van der Waals surface area contributed by atoms with Gasteiger partial charge >= 0.3 is 6.18 Å². The molecular formula is C34H52F3O4P. The molecule has 3 fully saturated rings. The normalized spacial score (nSPS) is 20.3. The summed E-state index contributed by atoms with van der Waals surface area (Å²) in [6.07, 6.45) is 19.5. The number of carbonyl (C=O) groups is 2. The Hall–Kier alpha value is -1.46. The first kappa shape index (κ1) is 35.0. The van der Waals surface area contributed by atoms with E-state index >= 15 is 0 Å². The average Bonchev–Trinajstić information content (AvgIpc) is 3.78. The zero-order chi connectivity index (χ0) is 30.6. The van der Waals surface area contributed by atoms with Crippen molar-refractivity contribution in [2.75, 3.05) is 12.8 Å². The molecule has 0 radical (unpaired) electrons. The Morgan fingerprint density at radius 3 is 1.71 bits per heavy atom. The lowest BCUT2D eigenvalue weighted by Gasteiger charge is -2.43. The number of aliphatic hydroxyl groups is 1. The molecule has 1 N–H and O–H groups in total. The fourth-order valence-corrected chi connectivity index (χ4v) is 16.1. The number of benzene rings is 1. The fourth-order valence-electron chi connectivity index (χ4n) is 8.46. The predicted molar refractivity (Wildman–Crippen MR) is 163 cm³/mol. The van der Waals surface area contributed by atoms with E-state index in [0.717, 1.165) is 23.4 Å². The highest BCUT2D eigenvalue weighted by Crippen LogP contribution is 2.78. The molecule has 4 rings (SSSR count). The number of hydrogen-bond acceptors (Lipinski definition) is 4. The number of aliphatic hydroxyl groups excluding tert-OH is 1. The van der Waals surface area contributed by atoms with Crippen LogP contribution in [-0.4, -0.2) is 52.8 Å². The number of alkyl halides is 3. The van der Waals surface area contributed by atoms with Crippen LogP contribution in [0.15, 0.2) is 30.3 Å². The van der Waals surface area contributed by atoms with Crippen molar-refractivity contribution >= 4 is 19.0 Å². The standard InChI is InChI=1S/C32H52O2P.C2HF3O2/c1-26(32(34)23-13-24-33)31(27-14-3-2-4-15-27)22-11-12-25-35(28-16-5-6-17-28,29-18-7-8-19-29)30-20-9-10-21-30;3-2(4,5)1(6)7/h2-4,14-15,26,28-31,33H,5-13,16-25H2,1H3;(H,6,7)/q+1;/p-1. The van der Waals surface area contributed by atoms with Crippen molar-refractivity contribution in [3.05, 3.63) is 35.9 Å². The summed E-state index contributed by atoms with van der Waals surface area (Å²) in [5.41, 5.74) is 4.62. The van der Waals surface area contributed by atoms with Crippen LogP contribution < -0.4 is 5.11 Å². The first-order valence-corrected chi connectivity index (χ1v) is 18.6. The monoisotopic (exact) mass is 612 g/mol. The lowest BCUT2D eigenvalue weighted by atomic mass is 9.80. The Morgan fingerprint density at radius 2 is 1.31 bits per heavy atom. The second kappa shape index (κ2) is 17.1. The molecule has 0 amide bonds. The van der Waals surface area contributed by atoms with Gasteiger partial charge in [-0.25, -0.2) is 0 Å². The molecular weight excluding hydrogens is 560 g/mol. The highest BCUT2D eigenvalue weighted by Gasteiger charge is 2.57. The van der Waals surface area contributed by atoms with E-state index < -0.39 is 19.4 Å². The van der Waals surface area contributed by atoms with Crippen molar-refractivity contribution in [3.63, 3.8) is 0 Å². The zero-order valence-electron chi connectivity index (χ0n) is 25.5. The van der Waals surface area contributed by atoms with Crippen molar-refractivity contribution in [1.29, 1.82) is 0 Å². The Balaban J connectivity index is 0.000000616. The van der Waals surface area contributed by atoms with Crippen molar-refractivity contribution in [2.24, 2.45) is 5.92 Å². The number of ketones is 1. The molecule has 1 aromatic rings. The van der Waals surface area contributed by atoms with E-state index in [0.29, 0.717) is 24.5 Å². The average molecular weight is 613 g/mol. The number of hydrogen-bond donors (Lipinski definition) is 1. The number of halogens is 3. The van der Waals surface area contributed by atoms with Crippen molar-refractivity contribution in [2.45, 2.75) is 145 Å². The maximum absolute atomic E-state index is 12.9. The summed E-state index contributed by atoms with van der Waals surface area (Å²) in [5.74, 6) is -2.31. The van der Waals surface area contributed by atoms with Gasteiger partial charge in [0.05, 0.1) is 23.1 Å². The molecule has 238 valence electrons. The second-order valence-corrected chi connectivity index (χ2v) is 17.5. The van der Waals surface area contributed by atoms with Gasteiger partial charge in [-0.2, -0.15) is 13.2 Å². The minimum absolute atomic E-state index is 0.0444. The van der Waals surface area contributed by atoms with Gasteiger partial charge in [0, 0.05) is 26.2 Å². The molecule has 0 aliphatic heterocycles. The number of aliphatic carboxylic acids is 1. The molecule has 0 heterocycles. The maximum atomic E-state index is 12.9. The van der Waals surface area contributed by atoms with Crippen LogP contribution in [0, 0.1) is 5.92 Å². The molecule has 3 aliphatic carbocycles. The quantitative estimate of drug-likeness (QED) is 0.170. The van der Waals surface area contributed by atoms with Crippen LogP contribution in [0.5, 0.6) is 0 Å². The van der Waals surface area contributed by atoms with Gasteiger partial charge in [-0.05, 0) is 114 Å². The minimum atomic E-state index is -5.19. The molecule has 0 saturated heterocycles. The lowest BCUT2D eigenvalue weighted by molar-refractivity contribution is -0.344. The third-order valence-electron chi connectivity index (χ3n) is 10.5. The number of unbranched alkanes of at least 4 members (excludes halogenated alkanes) is 1. The van der Waals surface area contributed by atoms with Crippen LogP contribution in [0.3, 0.4) is 0 Å². The molecule has 3 aliphatic rings. The Morgan fingerprint density at radius 1 is 0.857 bits per heavy atom. The molecule has 0 bridgehead atoms. The third-order valence-corrected chi connectivity index (χ3v) is 17.2. The first-order valence-electron chi connectivity index (χ1n) is 16.4. The van der Waals surface area contributed by atoms with E-state index in [-0.39, 0.29) is 12.5 Å². The van der Waals surface area contributed by atoms with Crippen molar-refractivity contribution in [3.8, 4) is 0 Å². The van der Waals surface area contributed by atoms with E-state index in [1.165, 1.54) is 56.9 Å². The molecule has 8 heteroatoms. The van der Waals surface area contributed by atoms with Crippen LogP contribution in [0.2, 0.25) is 0 Å². The lowest BCUT2D eigenvalue weighted by Crippen LogP contribution is -2.37. The van der Waals surface area contributed by atoms with Gasteiger partial charge in [-0.15, -0.1) is 0 Å². The molecule has 0 aromatic heterocycles. The minimum Gasteiger partial charge on any atom is -0.542 e. The van der Waals surface area contributed by atoms with Crippen molar-refractivity contribution in [1.82, 2.24) is 0 Å². The van der Waals surface area contributed by atoms with Gasteiger partial charge < -0.3 is 15.0 Å². The Bertz CT molecular complexity index is 895. The van der Waals surface area contributed by atoms with E-state index in [1.54, 1.807) is 44.7 Å². The number of carboxylic acids is 1.